The number of nitrogens with one attached hydrogen (secondary N) is 1. The van der Waals surface area contributed by atoms with Gasteiger partial charge in [0.05, 0.1) is 5.92 Å². The standard InChI is InChI=1S/C23H27N3O2/c1-17-7-3-4-8-20(17)25-21(27)19-15-26(16-23(19)11-5-2-6-12-23)22(28)18-9-13-24-14-10-18/h3-4,7-10,13-14,19H,2,5-6,11-12,15-16H2,1H3,(H,25,27). The van der Waals surface area contributed by atoms with Crippen LogP contribution in [0.3, 0.4) is 0 Å². The number of carbonyl (C=O) groups is 2. The molecule has 1 unspecified atom stereocenters. The molecule has 1 aliphatic heterocycles. The molecular weight excluding hydrogens is 350 g/mol. The largest absolute Gasteiger partial charge is 0.337 e. The molecule has 1 saturated carbocycles. The summed E-state index contributed by atoms with van der Waals surface area (Å²) >= 11 is 0. The average molecular weight is 377 g/mol. The molecule has 5 heteroatoms. The van der Waals surface area contributed by atoms with Crippen LogP contribution in [0.1, 0.15) is 48.0 Å². The summed E-state index contributed by atoms with van der Waals surface area (Å²) < 4.78 is 0. The first kappa shape index (κ1) is 18.7. The molecule has 4 rings (SSSR count). The number of likely N-dealkylation sites (tertiary alicyclic amines) is 1. The van der Waals surface area contributed by atoms with Gasteiger partial charge < -0.3 is 10.2 Å². The zero-order valence-electron chi connectivity index (χ0n) is 16.4. The van der Waals surface area contributed by atoms with Crippen LogP contribution in [0.4, 0.5) is 5.69 Å². The second kappa shape index (κ2) is 7.74. The Kier molecular flexibility index (Phi) is 5.16. The summed E-state index contributed by atoms with van der Waals surface area (Å²) in [5.74, 6) is -0.127. The molecule has 2 fully saturated rings. The summed E-state index contributed by atoms with van der Waals surface area (Å²) in [6.07, 6.45) is 8.78. The second-order valence-corrected chi connectivity index (χ2v) is 8.20. The number of aryl methyl sites for hydroxylation is 1. The van der Waals surface area contributed by atoms with Gasteiger partial charge in [0.15, 0.2) is 0 Å². The smallest absolute Gasteiger partial charge is 0.254 e. The number of para-hydroxylation sites is 1. The molecule has 1 saturated heterocycles. The molecule has 2 aliphatic rings. The van der Waals surface area contributed by atoms with Crippen molar-refractivity contribution >= 4 is 17.5 Å². The molecule has 1 aliphatic carbocycles. The highest BCUT2D eigenvalue weighted by Gasteiger charge is 2.51. The molecule has 0 bridgehead atoms. The van der Waals surface area contributed by atoms with Gasteiger partial charge in [0.25, 0.3) is 5.91 Å². The SMILES string of the molecule is Cc1ccccc1NC(=O)C1CN(C(=O)c2ccncc2)CC12CCCCC2. The van der Waals surface area contributed by atoms with E-state index in [-0.39, 0.29) is 23.1 Å². The topological polar surface area (TPSA) is 62.3 Å². The van der Waals surface area contributed by atoms with E-state index in [1.807, 2.05) is 36.1 Å². The highest BCUT2D eigenvalue weighted by atomic mass is 16.2. The van der Waals surface area contributed by atoms with Crippen LogP contribution in [0.2, 0.25) is 0 Å². The number of nitrogens with zero attached hydrogens (tertiary/aromatic N) is 2. The highest BCUT2D eigenvalue weighted by molar-refractivity contribution is 5.97. The first-order chi connectivity index (χ1) is 13.6. The molecule has 1 spiro atoms. The predicted molar refractivity (Wildman–Crippen MR) is 109 cm³/mol. The summed E-state index contributed by atoms with van der Waals surface area (Å²) in [7, 11) is 0. The van der Waals surface area contributed by atoms with Gasteiger partial charge in [-0.1, -0.05) is 37.5 Å². The number of hydrogen-bond acceptors (Lipinski definition) is 3. The number of aromatic nitrogens is 1. The van der Waals surface area contributed by atoms with Crippen LogP contribution in [-0.2, 0) is 4.79 Å². The third-order valence-electron chi connectivity index (χ3n) is 6.43. The zero-order chi connectivity index (χ0) is 19.6. The minimum absolute atomic E-state index is 0.00135. The van der Waals surface area contributed by atoms with E-state index in [2.05, 4.69) is 10.3 Å². The number of carbonyl (C=O) groups excluding carboxylic acids is 2. The summed E-state index contributed by atoms with van der Waals surface area (Å²) in [6, 6.07) is 11.3. The van der Waals surface area contributed by atoms with Gasteiger partial charge in [-0.05, 0) is 43.5 Å². The Morgan fingerprint density at radius 1 is 1.07 bits per heavy atom. The monoisotopic (exact) mass is 377 g/mol. The van der Waals surface area contributed by atoms with Crippen molar-refractivity contribution in [3.63, 3.8) is 0 Å². The maximum absolute atomic E-state index is 13.3. The molecule has 146 valence electrons. The third-order valence-corrected chi connectivity index (χ3v) is 6.43. The summed E-state index contributed by atoms with van der Waals surface area (Å²) in [4.78, 5) is 32.2. The minimum atomic E-state index is -0.168. The molecule has 5 nitrogen and oxygen atoms in total. The van der Waals surface area contributed by atoms with E-state index in [9.17, 15) is 9.59 Å². The van der Waals surface area contributed by atoms with Crippen molar-refractivity contribution < 1.29 is 9.59 Å². The Morgan fingerprint density at radius 2 is 1.79 bits per heavy atom. The number of hydrogen-bond donors (Lipinski definition) is 1. The van der Waals surface area contributed by atoms with Crippen molar-refractivity contribution in [2.24, 2.45) is 11.3 Å². The molecule has 28 heavy (non-hydrogen) atoms. The van der Waals surface area contributed by atoms with Crippen molar-refractivity contribution in [1.82, 2.24) is 9.88 Å². The lowest BCUT2D eigenvalue weighted by Crippen LogP contribution is -2.39. The normalized spacial score (nSPS) is 20.9. The van der Waals surface area contributed by atoms with Gasteiger partial charge in [-0.25, -0.2) is 0 Å². The Bertz CT molecular complexity index is 859. The summed E-state index contributed by atoms with van der Waals surface area (Å²) in [6.45, 7) is 3.15. The van der Waals surface area contributed by atoms with E-state index in [0.717, 1.165) is 36.9 Å². The molecule has 1 aromatic heterocycles. The van der Waals surface area contributed by atoms with Gasteiger partial charge in [-0.15, -0.1) is 0 Å². The Hall–Kier alpha value is -2.69. The molecule has 2 aromatic rings. The lowest BCUT2D eigenvalue weighted by molar-refractivity contribution is -0.123. The Labute approximate surface area is 166 Å². The first-order valence-electron chi connectivity index (χ1n) is 10.1. The number of rotatable bonds is 3. The maximum Gasteiger partial charge on any atom is 0.254 e. The third kappa shape index (κ3) is 3.53. The van der Waals surface area contributed by atoms with Crippen LogP contribution in [-0.4, -0.2) is 34.8 Å². The van der Waals surface area contributed by atoms with Crippen molar-refractivity contribution in [3.8, 4) is 0 Å². The van der Waals surface area contributed by atoms with Crippen molar-refractivity contribution in [2.75, 3.05) is 18.4 Å². The van der Waals surface area contributed by atoms with E-state index < -0.39 is 0 Å². The van der Waals surface area contributed by atoms with Crippen LogP contribution >= 0.6 is 0 Å². The molecule has 2 heterocycles. The van der Waals surface area contributed by atoms with Gasteiger partial charge in [0.1, 0.15) is 0 Å². The van der Waals surface area contributed by atoms with Crippen molar-refractivity contribution in [3.05, 3.63) is 59.9 Å². The predicted octanol–water partition coefficient (Wildman–Crippen LogP) is 4.05. The van der Waals surface area contributed by atoms with E-state index in [1.54, 1.807) is 24.5 Å². The van der Waals surface area contributed by atoms with Crippen LogP contribution in [0, 0.1) is 18.3 Å². The fourth-order valence-corrected chi connectivity index (χ4v) is 4.86. The van der Waals surface area contributed by atoms with Crippen molar-refractivity contribution in [2.45, 2.75) is 39.0 Å². The molecule has 0 radical (unpaired) electrons. The summed E-state index contributed by atoms with van der Waals surface area (Å²) in [5, 5.41) is 3.14. The summed E-state index contributed by atoms with van der Waals surface area (Å²) in [5.41, 5.74) is 2.45. The molecule has 1 atom stereocenters. The van der Waals surface area contributed by atoms with Crippen LogP contribution in [0.15, 0.2) is 48.8 Å². The average Bonchev–Trinajstić information content (AvgIpc) is 3.09. The first-order valence-corrected chi connectivity index (χ1v) is 10.1. The minimum Gasteiger partial charge on any atom is -0.337 e. The van der Waals surface area contributed by atoms with E-state index in [0.29, 0.717) is 18.7 Å². The van der Waals surface area contributed by atoms with Gasteiger partial charge in [-0.2, -0.15) is 0 Å². The molecule has 1 aromatic carbocycles. The highest BCUT2D eigenvalue weighted by Crippen LogP contribution is 2.48. The molecule has 2 amide bonds. The molecule has 1 N–H and O–H groups in total. The number of pyridine rings is 1. The molecular formula is C23H27N3O2. The van der Waals surface area contributed by atoms with Gasteiger partial charge >= 0.3 is 0 Å². The fraction of sp³-hybridized carbons (Fsp3) is 0.435. The van der Waals surface area contributed by atoms with Crippen LogP contribution < -0.4 is 5.32 Å². The van der Waals surface area contributed by atoms with Crippen molar-refractivity contribution in [1.29, 1.82) is 0 Å². The van der Waals surface area contributed by atoms with Gasteiger partial charge in [0.2, 0.25) is 5.91 Å². The lowest BCUT2D eigenvalue weighted by atomic mass is 9.67. The number of benzene rings is 1. The van der Waals surface area contributed by atoms with E-state index >= 15 is 0 Å². The fourth-order valence-electron chi connectivity index (χ4n) is 4.86. The van der Waals surface area contributed by atoms with E-state index in [4.69, 9.17) is 0 Å². The van der Waals surface area contributed by atoms with Crippen LogP contribution in [0.5, 0.6) is 0 Å². The quantitative estimate of drug-likeness (QED) is 0.878. The number of anilines is 1. The number of amides is 2. The van der Waals surface area contributed by atoms with Crippen LogP contribution in [0.25, 0.3) is 0 Å². The lowest BCUT2D eigenvalue weighted by Gasteiger charge is -2.37. The zero-order valence-corrected chi connectivity index (χ0v) is 16.4. The second-order valence-electron chi connectivity index (χ2n) is 8.20. The van der Waals surface area contributed by atoms with Gasteiger partial charge in [0, 0.05) is 42.1 Å². The van der Waals surface area contributed by atoms with Gasteiger partial charge in [-0.3, -0.25) is 14.6 Å². The maximum atomic E-state index is 13.3. The van der Waals surface area contributed by atoms with E-state index in [1.165, 1.54) is 6.42 Å². The Morgan fingerprint density at radius 3 is 2.50 bits per heavy atom. The Balaban J connectivity index is 1.58.